The molecule has 0 rings (SSSR count). The first kappa shape index (κ1) is 10.5. The molecule has 0 bridgehead atoms. The molecule has 11 heavy (non-hydrogen) atoms. The number of hydrogen-bond acceptors (Lipinski definition) is 1. The number of unbranched alkanes of at least 4 members (excludes halogenated alkanes) is 3. The molecule has 0 fully saturated rings. The van der Waals surface area contributed by atoms with Crippen LogP contribution in [0.2, 0.25) is 0 Å². The summed E-state index contributed by atoms with van der Waals surface area (Å²) in [5, 5.41) is 0. The zero-order valence-corrected chi connectivity index (χ0v) is 7.55. The van der Waals surface area contributed by atoms with E-state index in [9.17, 15) is 4.79 Å². The smallest absolute Gasteiger partial charge is 0.210 e. The molecule has 0 aromatic rings. The second kappa shape index (κ2) is 7.58. The summed E-state index contributed by atoms with van der Waals surface area (Å²) in [4.78, 5) is 12.0. The van der Waals surface area contributed by atoms with Gasteiger partial charge in [-0.25, -0.2) is 0 Å². The van der Waals surface area contributed by atoms with Gasteiger partial charge in [0.2, 0.25) is 6.41 Å². The molecule has 0 aliphatic carbocycles. The van der Waals surface area contributed by atoms with Crippen molar-refractivity contribution < 1.29 is 4.79 Å². The van der Waals surface area contributed by atoms with E-state index in [1.54, 1.807) is 4.90 Å². The van der Waals surface area contributed by atoms with Gasteiger partial charge in [-0.2, -0.15) is 0 Å². The van der Waals surface area contributed by atoms with E-state index in [1.165, 1.54) is 19.3 Å². The highest BCUT2D eigenvalue weighted by Gasteiger charge is 1.96. The van der Waals surface area contributed by atoms with E-state index >= 15 is 0 Å². The van der Waals surface area contributed by atoms with Crippen LogP contribution in [0.15, 0.2) is 0 Å². The van der Waals surface area contributed by atoms with Crippen LogP contribution in [0, 0.1) is 6.54 Å². The Bertz CT molecular complexity index is 93.6. The van der Waals surface area contributed by atoms with Gasteiger partial charge in [-0.15, -0.1) is 0 Å². The third kappa shape index (κ3) is 5.89. The van der Waals surface area contributed by atoms with Crippen LogP contribution in [0.1, 0.15) is 39.5 Å². The fourth-order valence-electron chi connectivity index (χ4n) is 0.964. The van der Waals surface area contributed by atoms with E-state index in [0.717, 1.165) is 19.4 Å². The predicted octanol–water partition coefficient (Wildman–Crippen LogP) is 2.21. The van der Waals surface area contributed by atoms with E-state index in [-0.39, 0.29) is 0 Å². The summed E-state index contributed by atoms with van der Waals surface area (Å²) in [6, 6.07) is 0. The summed E-state index contributed by atoms with van der Waals surface area (Å²) in [6.45, 7) is 6.76. The second-order valence-corrected chi connectivity index (χ2v) is 2.66. The summed E-state index contributed by atoms with van der Waals surface area (Å²) < 4.78 is 0. The average molecular weight is 156 g/mol. The van der Waals surface area contributed by atoms with Gasteiger partial charge in [0.25, 0.3) is 0 Å². The Balaban J connectivity index is 3.14. The summed E-state index contributed by atoms with van der Waals surface area (Å²) in [6.07, 6.45) is 5.75. The summed E-state index contributed by atoms with van der Waals surface area (Å²) in [5.74, 6) is 0. The van der Waals surface area contributed by atoms with Gasteiger partial charge < -0.3 is 4.90 Å². The van der Waals surface area contributed by atoms with Crippen LogP contribution < -0.4 is 0 Å². The largest absolute Gasteiger partial charge is 0.341 e. The fourth-order valence-corrected chi connectivity index (χ4v) is 0.964. The van der Waals surface area contributed by atoms with E-state index in [2.05, 4.69) is 6.92 Å². The lowest BCUT2D eigenvalue weighted by Gasteiger charge is -2.12. The second-order valence-electron chi connectivity index (χ2n) is 2.66. The molecule has 0 heterocycles. The van der Waals surface area contributed by atoms with Gasteiger partial charge in [-0.05, 0) is 13.3 Å². The molecule has 1 radical (unpaired) electrons. The van der Waals surface area contributed by atoms with Crippen LogP contribution >= 0.6 is 0 Å². The van der Waals surface area contributed by atoms with Gasteiger partial charge in [0.15, 0.2) is 0 Å². The number of rotatable bonds is 7. The lowest BCUT2D eigenvalue weighted by Crippen LogP contribution is -2.18. The molecule has 2 nitrogen and oxygen atoms in total. The molecule has 0 aromatic carbocycles. The Kier molecular flexibility index (Phi) is 7.21. The molecule has 0 saturated carbocycles. The molecule has 65 valence electrons. The van der Waals surface area contributed by atoms with Gasteiger partial charge in [-0.1, -0.05) is 26.2 Å². The molecule has 0 unspecified atom stereocenters. The van der Waals surface area contributed by atoms with Crippen molar-refractivity contribution in [3.8, 4) is 0 Å². The van der Waals surface area contributed by atoms with Gasteiger partial charge in [0, 0.05) is 13.1 Å². The van der Waals surface area contributed by atoms with Crippen LogP contribution in [0.5, 0.6) is 0 Å². The van der Waals surface area contributed by atoms with Crippen molar-refractivity contribution in [1.29, 1.82) is 0 Å². The molecule has 2 heteroatoms. The molecular weight excluding hydrogens is 138 g/mol. The van der Waals surface area contributed by atoms with E-state index in [0.29, 0.717) is 0 Å². The Morgan fingerprint density at radius 2 is 2.00 bits per heavy atom. The molecule has 0 aliphatic heterocycles. The highest BCUT2D eigenvalue weighted by atomic mass is 16.1. The topological polar surface area (TPSA) is 20.3 Å². The van der Waals surface area contributed by atoms with Crippen LogP contribution in [0.25, 0.3) is 0 Å². The summed E-state index contributed by atoms with van der Waals surface area (Å²) in [5.41, 5.74) is 0. The Morgan fingerprint density at radius 1 is 1.27 bits per heavy atom. The van der Waals surface area contributed by atoms with Gasteiger partial charge in [0.1, 0.15) is 0 Å². The van der Waals surface area contributed by atoms with E-state index < -0.39 is 0 Å². The Labute approximate surface area is 69.6 Å². The maximum absolute atomic E-state index is 10.3. The van der Waals surface area contributed by atoms with Crippen molar-refractivity contribution in [1.82, 2.24) is 4.90 Å². The molecule has 0 atom stereocenters. The Morgan fingerprint density at radius 3 is 2.45 bits per heavy atom. The summed E-state index contributed by atoms with van der Waals surface area (Å²) in [7, 11) is 0. The van der Waals surface area contributed by atoms with Gasteiger partial charge >= 0.3 is 0 Å². The number of hydrogen-bond donors (Lipinski definition) is 0. The molecule has 0 N–H and O–H groups in total. The fraction of sp³-hybridized carbons (Fsp3) is 0.778. The number of carbonyl (C=O) groups excluding carboxylic acids is 1. The van der Waals surface area contributed by atoms with Gasteiger partial charge in [-0.3, -0.25) is 4.79 Å². The van der Waals surface area contributed by atoms with Crippen molar-refractivity contribution >= 4 is 6.41 Å². The quantitative estimate of drug-likeness (QED) is 0.409. The standard InChI is InChI=1S/C9H18NO/c1-3-5-6-7-8-10(4-2)9-11/h4,9H,3,5-8H2,1-2H3. The minimum atomic E-state index is 0.875. The Hall–Kier alpha value is -0.530. The maximum Gasteiger partial charge on any atom is 0.210 e. The van der Waals surface area contributed by atoms with Crippen LogP contribution in [-0.4, -0.2) is 17.9 Å². The zero-order chi connectivity index (χ0) is 8.53. The minimum Gasteiger partial charge on any atom is -0.341 e. The average Bonchev–Trinajstić information content (AvgIpc) is 2.05. The van der Waals surface area contributed by atoms with Crippen LogP contribution in [0.4, 0.5) is 0 Å². The molecule has 0 saturated heterocycles. The monoisotopic (exact) mass is 156 g/mol. The predicted molar refractivity (Wildman–Crippen MR) is 46.9 cm³/mol. The van der Waals surface area contributed by atoms with Gasteiger partial charge in [0.05, 0.1) is 0 Å². The lowest BCUT2D eigenvalue weighted by atomic mass is 10.2. The number of carbonyl (C=O) groups is 1. The first-order valence-corrected chi connectivity index (χ1v) is 4.35. The zero-order valence-electron chi connectivity index (χ0n) is 7.55. The van der Waals surface area contributed by atoms with Crippen molar-refractivity contribution in [3.63, 3.8) is 0 Å². The molecule has 0 aliphatic rings. The van der Waals surface area contributed by atoms with Crippen molar-refractivity contribution in [3.05, 3.63) is 6.54 Å². The van der Waals surface area contributed by atoms with Crippen LogP contribution in [0.3, 0.4) is 0 Å². The molecule has 0 spiro atoms. The van der Waals surface area contributed by atoms with E-state index in [4.69, 9.17) is 0 Å². The molecular formula is C9H18NO. The minimum absolute atomic E-state index is 0.875. The molecule has 0 aromatic heterocycles. The van der Waals surface area contributed by atoms with Crippen molar-refractivity contribution in [2.24, 2.45) is 0 Å². The third-order valence-electron chi connectivity index (χ3n) is 1.74. The van der Waals surface area contributed by atoms with Crippen LogP contribution in [-0.2, 0) is 4.79 Å². The number of amides is 1. The SMILES string of the molecule is C[CH]N(C=O)CCCCCC. The highest BCUT2D eigenvalue weighted by molar-refractivity contribution is 5.47. The van der Waals surface area contributed by atoms with Crippen molar-refractivity contribution in [2.75, 3.05) is 6.54 Å². The lowest BCUT2D eigenvalue weighted by molar-refractivity contribution is -0.116. The highest BCUT2D eigenvalue weighted by Crippen LogP contribution is 2.00. The molecule has 1 amide bonds. The maximum atomic E-state index is 10.3. The normalized spacial score (nSPS) is 9.64. The summed E-state index contributed by atoms with van der Waals surface area (Å²) >= 11 is 0. The third-order valence-corrected chi connectivity index (χ3v) is 1.74. The first-order valence-electron chi connectivity index (χ1n) is 4.35. The van der Waals surface area contributed by atoms with E-state index in [1.807, 2.05) is 13.5 Å². The number of nitrogens with zero attached hydrogens (tertiary/aromatic N) is 1. The first-order chi connectivity index (χ1) is 5.35. The van der Waals surface area contributed by atoms with Crippen molar-refractivity contribution in [2.45, 2.75) is 39.5 Å².